The fraction of sp³-hybridized carbons (Fsp3) is 0.812. The van der Waals surface area contributed by atoms with Gasteiger partial charge in [-0.25, -0.2) is 4.98 Å². The minimum absolute atomic E-state index is 0.768. The molecule has 1 saturated heterocycles. The fourth-order valence-corrected chi connectivity index (χ4v) is 4.13. The number of rotatable bonds is 5. The zero-order chi connectivity index (χ0) is 14.8. The maximum absolute atomic E-state index is 10.3. The highest BCUT2D eigenvalue weighted by Gasteiger charge is 2.25. The van der Waals surface area contributed by atoms with Crippen LogP contribution in [0.2, 0.25) is 0 Å². The molecule has 1 aliphatic rings. The highest BCUT2D eigenvalue weighted by Crippen LogP contribution is 2.31. The lowest BCUT2D eigenvalue weighted by molar-refractivity contribution is 0.0813. The summed E-state index contributed by atoms with van der Waals surface area (Å²) in [5.41, 5.74) is 0.334. The predicted octanol–water partition coefficient (Wildman–Crippen LogP) is 3.55. The maximum atomic E-state index is 10.3. The van der Waals surface area contributed by atoms with E-state index in [-0.39, 0.29) is 0 Å². The molecule has 114 valence electrons. The molecule has 1 aliphatic heterocycles. The Morgan fingerprint density at radius 2 is 2.20 bits per heavy atom. The van der Waals surface area contributed by atoms with Crippen molar-refractivity contribution in [2.45, 2.75) is 65.5 Å². The van der Waals surface area contributed by atoms with Crippen molar-refractivity contribution in [2.75, 3.05) is 13.1 Å². The molecule has 1 atom stereocenters. The van der Waals surface area contributed by atoms with E-state index in [1.165, 1.54) is 30.9 Å². The molecule has 0 bridgehead atoms. The smallest absolute Gasteiger partial charge is 0.107 e. The van der Waals surface area contributed by atoms with Gasteiger partial charge in [0, 0.05) is 6.54 Å². The molecule has 0 aliphatic carbocycles. The van der Waals surface area contributed by atoms with Crippen LogP contribution < -0.4 is 0 Å². The Bertz CT molecular complexity index is 436. The van der Waals surface area contributed by atoms with E-state index in [0.29, 0.717) is 0 Å². The molecule has 1 N–H and O–H groups in total. The molecular formula is C16H28N2OS. The minimum atomic E-state index is -0.768. The van der Waals surface area contributed by atoms with E-state index in [1.54, 1.807) is 11.3 Å². The molecule has 2 rings (SSSR count). The Kier molecular flexibility index (Phi) is 5.21. The monoisotopic (exact) mass is 296 g/mol. The SMILES string of the molecule is CCCc1nc(CN2CCCC(C)C2)sc1C(C)(C)O. The number of nitrogens with zero attached hydrogens (tertiary/aromatic N) is 2. The average molecular weight is 296 g/mol. The number of thiazole rings is 1. The van der Waals surface area contributed by atoms with Gasteiger partial charge in [-0.3, -0.25) is 4.90 Å². The van der Waals surface area contributed by atoms with Crippen LogP contribution in [-0.4, -0.2) is 28.1 Å². The van der Waals surface area contributed by atoms with Crippen LogP contribution in [0.4, 0.5) is 0 Å². The third-order valence-corrected chi connectivity index (χ3v) is 5.28. The Morgan fingerprint density at radius 3 is 2.80 bits per heavy atom. The lowest BCUT2D eigenvalue weighted by Crippen LogP contribution is -2.33. The quantitative estimate of drug-likeness (QED) is 0.902. The van der Waals surface area contributed by atoms with Crippen LogP contribution in [0.3, 0.4) is 0 Å². The summed E-state index contributed by atoms with van der Waals surface area (Å²) < 4.78 is 0. The molecule has 2 heterocycles. The lowest BCUT2D eigenvalue weighted by Gasteiger charge is -2.29. The van der Waals surface area contributed by atoms with Gasteiger partial charge in [0.15, 0.2) is 0 Å². The first kappa shape index (κ1) is 15.9. The van der Waals surface area contributed by atoms with Gasteiger partial charge in [-0.1, -0.05) is 20.3 Å². The summed E-state index contributed by atoms with van der Waals surface area (Å²) in [6.45, 7) is 11.5. The molecular weight excluding hydrogens is 268 g/mol. The van der Waals surface area contributed by atoms with E-state index >= 15 is 0 Å². The van der Waals surface area contributed by atoms with Gasteiger partial charge in [-0.2, -0.15) is 0 Å². The summed E-state index contributed by atoms with van der Waals surface area (Å²) in [6.07, 6.45) is 4.69. The molecule has 20 heavy (non-hydrogen) atoms. The molecule has 0 spiro atoms. The third kappa shape index (κ3) is 4.03. The molecule has 1 fully saturated rings. The van der Waals surface area contributed by atoms with Crippen molar-refractivity contribution in [3.63, 3.8) is 0 Å². The second-order valence-electron chi connectivity index (χ2n) is 6.67. The van der Waals surface area contributed by atoms with E-state index in [9.17, 15) is 5.11 Å². The molecule has 0 aromatic carbocycles. The number of hydrogen-bond acceptors (Lipinski definition) is 4. The van der Waals surface area contributed by atoms with Crippen molar-refractivity contribution >= 4 is 11.3 Å². The van der Waals surface area contributed by atoms with E-state index < -0.39 is 5.60 Å². The Balaban J connectivity index is 2.12. The first-order chi connectivity index (χ1) is 9.40. The van der Waals surface area contributed by atoms with Gasteiger partial charge >= 0.3 is 0 Å². The molecule has 0 radical (unpaired) electrons. The standard InChI is InChI=1S/C16H28N2OS/c1-5-7-13-15(16(3,4)19)20-14(17-13)11-18-9-6-8-12(2)10-18/h12,19H,5-11H2,1-4H3. The van der Waals surface area contributed by atoms with Gasteiger partial charge in [0.1, 0.15) is 5.01 Å². The normalized spacial score (nSPS) is 21.4. The molecule has 0 saturated carbocycles. The molecule has 1 unspecified atom stereocenters. The van der Waals surface area contributed by atoms with Gasteiger partial charge in [-0.05, 0) is 45.6 Å². The minimum Gasteiger partial charge on any atom is -0.385 e. The predicted molar refractivity (Wildman–Crippen MR) is 85.0 cm³/mol. The van der Waals surface area contributed by atoms with Crippen molar-refractivity contribution in [3.05, 3.63) is 15.6 Å². The number of aromatic nitrogens is 1. The van der Waals surface area contributed by atoms with Gasteiger partial charge in [-0.15, -0.1) is 11.3 Å². The lowest BCUT2D eigenvalue weighted by atomic mass is 10.0. The number of likely N-dealkylation sites (tertiary alicyclic amines) is 1. The highest BCUT2D eigenvalue weighted by molar-refractivity contribution is 7.11. The summed E-state index contributed by atoms with van der Waals surface area (Å²) >= 11 is 1.70. The Hall–Kier alpha value is -0.450. The summed E-state index contributed by atoms with van der Waals surface area (Å²) in [4.78, 5) is 8.37. The van der Waals surface area contributed by atoms with Crippen LogP contribution in [0.1, 0.15) is 62.5 Å². The Labute approximate surface area is 127 Å². The number of hydrogen-bond donors (Lipinski definition) is 1. The zero-order valence-electron chi connectivity index (χ0n) is 13.3. The van der Waals surface area contributed by atoms with Crippen LogP contribution in [-0.2, 0) is 18.6 Å². The van der Waals surface area contributed by atoms with Crippen LogP contribution >= 0.6 is 11.3 Å². The second kappa shape index (κ2) is 6.54. The van der Waals surface area contributed by atoms with Gasteiger partial charge in [0.25, 0.3) is 0 Å². The van der Waals surface area contributed by atoms with Gasteiger partial charge in [0.2, 0.25) is 0 Å². The largest absolute Gasteiger partial charge is 0.385 e. The summed E-state index contributed by atoms with van der Waals surface area (Å²) in [5.74, 6) is 0.799. The van der Waals surface area contributed by atoms with E-state index in [0.717, 1.165) is 35.9 Å². The molecule has 3 nitrogen and oxygen atoms in total. The summed E-state index contributed by atoms with van der Waals surface area (Å²) in [5, 5.41) is 11.5. The number of aliphatic hydroxyl groups is 1. The van der Waals surface area contributed by atoms with Crippen molar-refractivity contribution in [1.82, 2.24) is 9.88 Å². The average Bonchev–Trinajstić information content (AvgIpc) is 2.72. The van der Waals surface area contributed by atoms with Gasteiger partial charge in [0.05, 0.1) is 22.7 Å². The summed E-state index contributed by atoms with van der Waals surface area (Å²) in [7, 11) is 0. The van der Waals surface area contributed by atoms with Crippen molar-refractivity contribution < 1.29 is 5.11 Å². The molecule has 1 aromatic heterocycles. The van der Waals surface area contributed by atoms with Crippen LogP contribution in [0.25, 0.3) is 0 Å². The summed E-state index contributed by atoms with van der Waals surface area (Å²) in [6, 6.07) is 0. The van der Waals surface area contributed by atoms with E-state index in [2.05, 4.69) is 18.7 Å². The van der Waals surface area contributed by atoms with Crippen molar-refractivity contribution in [3.8, 4) is 0 Å². The van der Waals surface area contributed by atoms with Crippen molar-refractivity contribution in [1.29, 1.82) is 0 Å². The van der Waals surface area contributed by atoms with Crippen LogP contribution in [0.5, 0.6) is 0 Å². The Morgan fingerprint density at radius 1 is 1.45 bits per heavy atom. The highest BCUT2D eigenvalue weighted by atomic mass is 32.1. The van der Waals surface area contributed by atoms with Crippen LogP contribution in [0.15, 0.2) is 0 Å². The van der Waals surface area contributed by atoms with Crippen molar-refractivity contribution in [2.24, 2.45) is 5.92 Å². The maximum Gasteiger partial charge on any atom is 0.107 e. The molecule has 0 amide bonds. The first-order valence-corrected chi connectivity index (χ1v) is 8.65. The molecule has 1 aromatic rings. The van der Waals surface area contributed by atoms with Gasteiger partial charge < -0.3 is 5.11 Å². The zero-order valence-corrected chi connectivity index (χ0v) is 14.1. The van der Waals surface area contributed by atoms with E-state index in [4.69, 9.17) is 4.98 Å². The van der Waals surface area contributed by atoms with E-state index in [1.807, 2.05) is 13.8 Å². The first-order valence-electron chi connectivity index (χ1n) is 7.84. The second-order valence-corrected chi connectivity index (χ2v) is 7.76. The van der Waals surface area contributed by atoms with Crippen LogP contribution in [0, 0.1) is 5.92 Å². The third-order valence-electron chi connectivity index (χ3n) is 3.88. The topological polar surface area (TPSA) is 36.4 Å². The number of piperidine rings is 1. The number of aryl methyl sites for hydroxylation is 1. The fourth-order valence-electron chi connectivity index (χ4n) is 2.97. The molecule has 4 heteroatoms.